The summed E-state index contributed by atoms with van der Waals surface area (Å²) in [7, 11) is 4.75. The summed E-state index contributed by atoms with van der Waals surface area (Å²) in [5, 5.41) is 0. The maximum absolute atomic E-state index is 14.3. The third kappa shape index (κ3) is 5.90. The molecular weight excluding hydrogens is 462 g/mol. The largest absolute Gasteiger partial charge is 0.493 e. The minimum absolute atomic E-state index is 0.00444. The van der Waals surface area contributed by atoms with E-state index in [0.29, 0.717) is 56.3 Å². The van der Waals surface area contributed by atoms with Crippen LogP contribution in [-0.4, -0.2) is 70.0 Å². The van der Waals surface area contributed by atoms with E-state index in [2.05, 4.69) is 0 Å². The second kappa shape index (κ2) is 12.7. The number of esters is 1. The van der Waals surface area contributed by atoms with Gasteiger partial charge in [-0.3, -0.25) is 4.79 Å². The van der Waals surface area contributed by atoms with Gasteiger partial charge in [0.15, 0.2) is 11.5 Å². The van der Waals surface area contributed by atoms with E-state index in [9.17, 15) is 9.59 Å². The third-order valence-electron chi connectivity index (χ3n) is 7.94. The van der Waals surface area contributed by atoms with Crippen LogP contribution in [-0.2, 0) is 19.1 Å². The number of benzene rings is 1. The lowest BCUT2D eigenvalue weighted by atomic mass is 9.75. The molecule has 2 heterocycles. The predicted octanol–water partition coefficient (Wildman–Crippen LogP) is 4.48. The maximum atomic E-state index is 14.3. The molecule has 0 N–H and O–H groups in total. The van der Waals surface area contributed by atoms with E-state index in [1.165, 1.54) is 6.42 Å². The van der Waals surface area contributed by atoms with E-state index in [0.717, 1.165) is 44.1 Å². The van der Waals surface area contributed by atoms with Gasteiger partial charge in [0.25, 0.3) is 0 Å². The topological polar surface area (TPSA) is 83.5 Å². The fourth-order valence-electron chi connectivity index (χ4n) is 6.02. The van der Waals surface area contributed by atoms with Gasteiger partial charge in [0.2, 0.25) is 11.7 Å². The van der Waals surface area contributed by atoms with Gasteiger partial charge in [0.05, 0.1) is 40.5 Å². The second-order valence-electron chi connectivity index (χ2n) is 10.1. The lowest BCUT2D eigenvalue weighted by molar-refractivity contribution is -0.165. The summed E-state index contributed by atoms with van der Waals surface area (Å²) in [6.07, 6.45) is 9.10. The van der Waals surface area contributed by atoms with Crippen LogP contribution < -0.4 is 14.2 Å². The van der Waals surface area contributed by atoms with Crippen LogP contribution in [0.3, 0.4) is 0 Å². The van der Waals surface area contributed by atoms with Gasteiger partial charge in [-0.05, 0) is 55.7 Å². The summed E-state index contributed by atoms with van der Waals surface area (Å²) in [4.78, 5) is 29.4. The van der Waals surface area contributed by atoms with Gasteiger partial charge >= 0.3 is 5.97 Å². The highest BCUT2D eigenvalue weighted by atomic mass is 16.6. The molecule has 1 saturated carbocycles. The van der Waals surface area contributed by atoms with Crippen LogP contribution in [0.15, 0.2) is 12.1 Å². The Balaban J connectivity index is 1.64. The number of carbonyl (C=O) groups excluding carboxylic acids is 2. The van der Waals surface area contributed by atoms with Crippen molar-refractivity contribution in [1.29, 1.82) is 0 Å². The number of piperidine rings is 1. The number of rotatable bonds is 8. The van der Waals surface area contributed by atoms with Gasteiger partial charge in [0, 0.05) is 19.4 Å². The minimum atomic E-state index is -0.540. The molecule has 8 heteroatoms. The number of nitrogens with zero attached hydrogens (tertiary/aromatic N) is 1. The van der Waals surface area contributed by atoms with Crippen LogP contribution in [0.5, 0.6) is 17.2 Å². The zero-order chi connectivity index (χ0) is 25.5. The minimum Gasteiger partial charge on any atom is -0.493 e. The lowest BCUT2D eigenvalue weighted by Gasteiger charge is -2.40. The fraction of sp³-hybridized carbons (Fsp3) is 0.714. The fourth-order valence-corrected chi connectivity index (χ4v) is 6.02. The molecule has 1 aliphatic carbocycles. The van der Waals surface area contributed by atoms with Gasteiger partial charge in [-0.25, -0.2) is 4.79 Å². The molecule has 1 aromatic carbocycles. The summed E-state index contributed by atoms with van der Waals surface area (Å²) < 4.78 is 28.0. The maximum Gasteiger partial charge on any atom is 0.329 e. The summed E-state index contributed by atoms with van der Waals surface area (Å²) >= 11 is 0. The number of amides is 1. The summed E-state index contributed by atoms with van der Waals surface area (Å²) in [6, 6.07) is 3.26. The van der Waals surface area contributed by atoms with Gasteiger partial charge in [-0.15, -0.1) is 0 Å². The number of hydrogen-bond acceptors (Lipinski definition) is 7. The molecule has 4 rings (SSSR count). The Morgan fingerprint density at radius 1 is 0.861 bits per heavy atom. The molecule has 1 aromatic rings. The quantitative estimate of drug-likeness (QED) is 0.484. The summed E-state index contributed by atoms with van der Waals surface area (Å²) in [5.74, 6) is 1.13. The molecule has 0 radical (unpaired) electrons. The van der Waals surface area contributed by atoms with E-state index in [1.807, 2.05) is 12.1 Å². The van der Waals surface area contributed by atoms with Gasteiger partial charge in [0.1, 0.15) is 12.1 Å². The zero-order valence-electron chi connectivity index (χ0n) is 22.0. The van der Waals surface area contributed by atoms with Crippen LogP contribution in [0, 0.1) is 5.92 Å². The van der Waals surface area contributed by atoms with E-state index in [1.54, 1.807) is 26.2 Å². The first-order chi connectivity index (χ1) is 17.6. The van der Waals surface area contributed by atoms with E-state index in [4.69, 9.17) is 23.7 Å². The number of ether oxygens (including phenoxy) is 5. The highest BCUT2D eigenvalue weighted by molar-refractivity contribution is 5.89. The van der Waals surface area contributed by atoms with Crippen molar-refractivity contribution in [2.24, 2.45) is 5.92 Å². The first-order valence-corrected chi connectivity index (χ1v) is 13.5. The van der Waals surface area contributed by atoms with Crippen molar-refractivity contribution in [2.45, 2.75) is 82.3 Å². The summed E-state index contributed by atoms with van der Waals surface area (Å²) in [6.45, 7) is 1.78. The van der Waals surface area contributed by atoms with E-state index >= 15 is 0 Å². The molecule has 8 nitrogen and oxygen atoms in total. The molecule has 0 spiro atoms. The molecule has 2 saturated heterocycles. The standard InChI is InChI=1S/C28H41NO7/c1-32-23-17-20(18-24(33-2)26(23)34-3)25(19-9-5-4-6-10-19)27(30)29-14-8-7-11-22(29)28(31)36-21-12-15-35-16-13-21/h17-19,21-22,25H,4-16H2,1-3H3/t22-,25?/m0/s1. The van der Waals surface area contributed by atoms with Crippen molar-refractivity contribution >= 4 is 11.9 Å². The van der Waals surface area contributed by atoms with Crippen LogP contribution in [0.4, 0.5) is 0 Å². The number of carbonyl (C=O) groups is 2. The third-order valence-corrected chi connectivity index (χ3v) is 7.94. The van der Waals surface area contributed by atoms with Crippen molar-refractivity contribution in [3.63, 3.8) is 0 Å². The molecule has 1 unspecified atom stereocenters. The van der Waals surface area contributed by atoms with Crippen molar-refractivity contribution in [1.82, 2.24) is 4.90 Å². The number of likely N-dealkylation sites (tertiary alicyclic amines) is 1. The molecule has 0 bridgehead atoms. The molecular formula is C28H41NO7. The van der Waals surface area contributed by atoms with Crippen molar-refractivity contribution < 1.29 is 33.3 Å². The first kappa shape index (κ1) is 26.6. The van der Waals surface area contributed by atoms with Crippen LogP contribution >= 0.6 is 0 Å². The Kier molecular flexibility index (Phi) is 9.35. The average Bonchev–Trinajstić information content (AvgIpc) is 2.93. The normalized spacial score (nSPS) is 22.5. The Bertz CT molecular complexity index is 867. The monoisotopic (exact) mass is 503 g/mol. The SMILES string of the molecule is COc1cc(C(C(=O)N2CCCC[C@H]2C(=O)OC2CCOCC2)C2CCCCC2)cc(OC)c1OC. The second-order valence-corrected chi connectivity index (χ2v) is 10.1. The van der Waals surface area contributed by atoms with Crippen LogP contribution in [0.1, 0.15) is 75.7 Å². The van der Waals surface area contributed by atoms with Crippen LogP contribution in [0.25, 0.3) is 0 Å². The smallest absolute Gasteiger partial charge is 0.329 e. The molecule has 36 heavy (non-hydrogen) atoms. The average molecular weight is 504 g/mol. The van der Waals surface area contributed by atoms with Crippen LogP contribution in [0.2, 0.25) is 0 Å². The molecule has 200 valence electrons. The van der Waals surface area contributed by atoms with E-state index < -0.39 is 6.04 Å². The molecule has 2 atom stereocenters. The van der Waals surface area contributed by atoms with Crippen molar-refractivity contribution in [2.75, 3.05) is 41.1 Å². The molecule has 1 amide bonds. The highest BCUT2D eigenvalue weighted by Gasteiger charge is 2.41. The van der Waals surface area contributed by atoms with Crippen molar-refractivity contribution in [3.05, 3.63) is 17.7 Å². The molecule has 2 aliphatic heterocycles. The Morgan fingerprint density at radius 3 is 2.11 bits per heavy atom. The van der Waals surface area contributed by atoms with Gasteiger partial charge < -0.3 is 28.6 Å². The number of methoxy groups -OCH3 is 3. The molecule has 0 aromatic heterocycles. The highest BCUT2D eigenvalue weighted by Crippen LogP contribution is 2.45. The Labute approximate surface area is 214 Å². The lowest BCUT2D eigenvalue weighted by Crippen LogP contribution is -2.52. The van der Waals surface area contributed by atoms with Gasteiger partial charge in [-0.2, -0.15) is 0 Å². The van der Waals surface area contributed by atoms with E-state index in [-0.39, 0.29) is 29.8 Å². The zero-order valence-corrected chi connectivity index (χ0v) is 22.0. The number of hydrogen-bond donors (Lipinski definition) is 0. The molecule has 3 aliphatic rings. The Morgan fingerprint density at radius 2 is 1.50 bits per heavy atom. The first-order valence-electron chi connectivity index (χ1n) is 13.5. The predicted molar refractivity (Wildman–Crippen MR) is 135 cm³/mol. The molecule has 3 fully saturated rings. The Hall–Kier alpha value is -2.48. The summed E-state index contributed by atoms with van der Waals surface area (Å²) in [5.41, 5.74) is 0.850. The van der Waals surface area contributed by atoms with Crippen molar-refractivity contribution in [3.8, 4) is 17.2 Å². The van der Waals surface area contributed by atoms with Gasteiger partial charge in [-0.1, -0.05) is 19.3 Å².